The Morgan fingerprint density at radius 2 is 1.71 bits per heavy atom. The minimum absolute atomic E-state index is 0.0181. The van der Waals surface area contributed by atoms with Crippen LogP contribution in [0.1, 0.15) is 35.3 Å². The molecule has 1 aliphatic rings. The van der Waals surface area contributed by atoms with Crippen LogP contribution in [0.3, 0.4) is 0 Å². The van der Waals surface area contributed by atoms with Crippen molar-refractivity contribution in [2.75, 3.05) is 24.4 Å². The molecular formula is C25H25ClN2O3. The van der Waals surface area contributed by atoms with Crippen molar-refractivity contribution in [3.05, 3.63) is 82.9 Å². The first-order valence-electron chi connectivity index (χ1n) is 10.2. The lowest BCUT2D eigenvalue weighted by Gasteiger charge is -2.40. The van der Waals surface area contributed by atoms with Gasteiger partial charge in [0.15, 0.2) is 11.5 Å². The van der Waals surface area contributed by atoms with Crippen molar-refractivity contribution >= 4 is 28.9 Å². The molecule has 2 unspecified atom stereocenters. The molecule has 0 saturated heterocycles. The fourth-order valence-corrected chi connectivity index (χ4v) is 4.32. The van der Waals surface area contributed by atoms with E-state index in [4.69, 9.17) is 21.1 Å². The zero-order valence-electron chi connectivity index (χ0n) is 17.8. The standard InChI is InChI=1S/C25H25ClN2O3/c1-16-14-21(27-20-10-6-5-9-19(20)26)18-8-4-7-11-22(18)28(16)25(29)17-12-13-23(30-2)24(15-17)31-3/h4-13,15-16,21,27H,14H2,1-3H3. The number of fused-ring (bicyclic) bond motifs is 1. The molecule has 31 heavy (non-hydrogen) atoms. The summed E-state index contributed by atoms with van der Waals surface area (Å²) in [6.07, 6.45) is 0.751. The number of carbonyl (C=O) groups excluding carboxylic acids is 1. The Kier molecular flexibility index (Phi) is 6.05. The molecule has 0 aliphatic carbocycles. The summed E-state index contributed by atoms with van der Waals surface area (Å²) >= 11 is 6.37. The van der Waals surface area contributed by atoms with Crippen LogP contribution >= 0.6 is 11.6 Å². The number of halogens is 1. The lowest BCUT2D eigenvalue weighted by atomic mass is 9.90. The number of rotatable bonds is 5. The van der Waals surface area contributed by atoms with E-state index in [2.05, 4.69) is 18.3 Å². The minimum atomic E-state index is -0.0721. The summed E-state index contributed by atoms with van der Waals surface area (Å²) in [5.74, 6) is 1.05. The highest BCUT2D eigenvalue weighted by Gasteiger charge is 2.34. The molecule has 1 aliphatic heterocycles. The molecule has 2 atom stereocenters. The maximum atomic E-state index is 13.5. The van der Waals surface area contributed by atoms with E-state index < -0.39 is 0 Å². The van der Waals surface area contributed by atoms with Crippen LogP contribution in [0, 0.1) is 0 Å². The quantitative estimate of drug-likeness (QED) is 0.537. The van der Waals surface area contributed by atoms with Gasteiger partial charge >= 0.3 is 0 Å². The molecule has 1 amide bonds. The van der Waals surface area contributed by atoms with Gasteiger partial charge in [0.1, 0.15) is 0 Å². The summed E-state index contributed by atoms with van der Waals surface area (Å²) in [6.45, 7) is 2.07. The molecule has 0 spiro atoms. The van der Waals surface area contributed by atoms with Crippen LogP contribution in [0.2, 0.25) is 5.02 Å². The number of amides is 1. The van der Waals surface area contributed by atoms with Crippen LogP contribution < -0.4 is 19.7 Å². The van der Waals surface area contributed by atoms with Crippen LogP contribution in [0.25, 0.3) is 0 Å². The SMILES string of the molecule is COc1ccc(C(=O)N2c3ccccc3C(Nc3ccccc3Cl)CC2C)cc1OC. The maximum Gasteiger partial charge on any atom is 0.258 e. The summed E-state index contributed by atoms with van der Waals surface area (Å²) in [7, 11) is 3.14. The van der Waals surface area contributed by atoms with Crippen molar-refractivity contribution in [3.63, 3.8) is 0 Å². The Morgan fingerprint density at radius 1 is 1.00 bits per heavy atom. The van der Waals surface area contributed by atoms with E-state index in [0.29, 0.717) is 22.1 Å². The number of ether oxygens (including phenoxy) is 2. The van der Waals surface area contributed by atoms with Crippen LogP contribution in [-0.2, 0) is 0 Å². The largest absolute Gasteiger partial charge is 0.493 e. The van der Waals surface area contributed by atoms with E-state index >= 15 is 0 Å². The highest BCUT2D eigenvalue weighted by molar-refractivity contribution is 6.33. The first-order chi connectivity index (χ1) is 15.0. The number of methoxy groups -OCH3 is 2. The normalized spacial score (nSPS) is 17.6. The molecular weight excluding hydrogens is 412 g/mol. The summed E-state index contributed by atoms with van der Waals surface area (Å²) in [4.78, 5) is 15.4. The first kappa shape index (κ1) is 21.1. The van der Waals surface area contributed by atoms with E-state index in [1.807, 2.05) is 47.4 Å². The van der Waals surface area contributed by atoms with Crippen molar-refractivity contribution in [1.82, 2.24) is 0 Å². The van der Waals surface area contributed by atoms with Gasteiger partial charge in [-0.25, -0.2) is 0 Å². The van der Waals surface area contributed by atoms with Gasteiger partial charge in [-0.2, -0.15) is 0 Å². The zero-order chi connectivity index (χ0) is 22.0. The van der Waals surface area contributed by atoms with Crippen molar-refractivity contribution in [2.45, 2.75) is 25.4 Å². The number of para-hydroxylation sites is 2. The lowest BCUT2D eigenvalue weighted by Crippen LogP contribution is -2.44. The van der Waals surface area contributed by atoms with Crippen molar-refractivity contribution in [1.29, 1.82) is 0 Å². The van der Waals surface area contributed by atoms with Gasteiger partial charge in [0.25, 0.3) is 5.91 Å². The molecule has 3 aromatic carbocycles. The predicted molar refractivity (Wildman–Crippen MR) is 125 cm³/mol. The topological polar surface area (TPSA) is 50.8 Å². The van der Waals surface area contributed by atoms with Gasteiger partial charge in [-0.05, 0) is 55.3 Å². The van der Waals surface area contributed by atoms with E-state index in [1.165, 1.54) is 0 Å². The van der Waals surface area contributed by atoms with Crippen molar-refractivity contribution in [3.8, 4) is 11.5 Å². The molecule has 0 bridgehead atoms. The van der Waals surface area contributed by atoms with Gasteiger partial charge < -0.3 is 19.7 Å². The third-order valence-corrected chi connectivity index (χ3v) is 5.97. The molecule has 0 radical (unpaired) electrons. The highest BCUT2D eigenvalue weighted by Crippen LogP contribution is 2.41. The first-order valence-corrected chi connectivity index (χ1v) is 10.6. The highest BCUT2D eigenvalue weighted by atomic mass is 35.5. The number of anilines is 2. The zero-order valence-corrected chi connectivity index (χ0v) is 18.5. The predicted octanol–water partition coefficient (Wildman–Crippen LogP) is 5.95. The summed E-state index contributed by atoms with van der Waals surface area (Å²) < 4.78 is 10.7. The number of carbonyl (C=O) groups is 1. The number of hydrogen-bond acceptors (Lipinski definition) is 4. The summed E-state index contributed by atoms with van der Waals surface area (Å²) in [6, 6.07) is 21.0. The summed E-state index contributed by atoms with van der Waals surface area (Å²) in [5.41, 5.74) is 3.40. The lowest BCUT2D eigenvalue weighted by molar-refractivity contribution is 0.0973. The second kappa shape index (κ2) is 8.90. The molecule has 1 N–H and O–H groups in total. The number of nitrogens with zero attached hydrogens (tertiary/aromatic N) is 1. The van der Waals surface area contributed by atoms with Crippen LogP contribution in [0.5, 0.6) is 11.5 Å². The third-order valence-electron chi connectivity index (χ3n) is 5.64. The molecule has 0 aromatic heterocycles. The smallest absolute Gasteiger partial charge is 0.258 e. The Bertz CT molecular complexity index is 1100. The molecule has 3 aromatic rings. The van der Waals surface area contributed by atoms with E-state index in [1.54, 1.807) is 32.4 Å². The Hall–Kier alpha value is -3.18. The Balaban J connectivity index is 1.69. The number of nitrogens with one attached hydrogen (secondary N) is 1. The molecule has 0 saturated carbocycles. The van der Waals surface area contributed by atoms with Gasteiger partial charge in [0.05, 0.1) is 31.0 Å². The van der Waals surface area contributed by atoms with E-state index in [0.717, 1.165) is 23.4 Å². The molecule has 4 rings (SSSR count). The molecule has 5 nitrogen and oxygen atoms in total. The minimum Gasteiger partial charge on any atom is -0.493 e. The number of benzene rings is 3. The Morgan fingerprint density at radius 3 is 2.45 bits per heavy atom. The summed E-state index contributed by atoms with van der Waals surface area (Å²) in [5, 5.41) is 4.24. The van der Waals surface area contributed by atoms with Crippen molar-refractivity contribution in [2.24, 2.45) is 0 Å². The van der Waals surface area contributed by atoms with Crippen LogP contribution in [-0.4, -0.2) is 26.2 Å². The van der Waals surface area contributed by atoms with E-state index in [9.17, 15) is 4.79 Å². The van der Waals surface area contributed by atoms with Gasteiger partial charge in [-0.1, -0.05) is 41.9 Å². The average molecular weight is 437 g/mol. The van der Waals surface area contributed by atoms with Gasteiger partial charge in [-0.3, -0.25) is 4.79 Å². The van der Waals surface area contributed by atoms with Crippen LogP contribution in [0.4, 0.5) is 11.4 Å². The molecule has 160 valence electrons. The maximum absolute atomic E-state index is 13.5. The van der Waals surface area contributed by atoms with Crippen molar-refractivity contribution < 1.29 is 14.3 Å². The average Bonchev–Trinajstić information content (AvgIpc) is 2.79. The van der Waals surface area contributed by atoms with Gasteiger partial charge in [-0.15, -0.1) is 0 Å². The molecule has 0 fully saturated rings. The van der Waals surface area contributed by atoms with Gasteiger partial charge in [0.2, 0.25) is 0 Å². The van der Waals surface area contributed by atoms with Crippen LogP contribution in [0.15, 0.2) is 66.7 Å². The fourth-order valence-electron chi connectivity index (χ4n) is 4.13. The van der Waals surface area contributed by atoms with E-state index in [-0.39, 0.29) is 18.0 Å². The Labute approximate surface area is 187 Å². The fraction of sp³-hybridized carbons (Fsp3) is 0.240. The molecule has 1 heterocycles. The number of hydrogen-bond donors (Lipinski definition) is 1. The second-order valence-electron chi connectivity index (χ2n) is 7.57. The monoisotopic (exact) mass is 436 g/mol. The second-order valence-corrected chi connectivity index (χ2v) is 7.97. The third kappa shape index (κ3) is 4.06. The molecule has 6 heteroatoms. The van der Waals surface area contributed by atoms with Gasteiger partial charge in [0, 0.05) is 17.3 Å².